The number of halogens is 1. The first-order chi connectivity index (χ1) is 13.8. The second-order valence-electron chi connectivity index (χ2n) is 7.85. The van der Waals surface area contributed by atoms with E-state index in [1.807, 2.05) is 24.3 Å². The third-order valence-electron chi connectivity index (χ3n) is 4.88. The van der Waals surface area contributed by atoms with Crippen LogP contribution in [0.3, 0.4) is 0 Å². The van der Waals surface area contributed by atoms with E-state index < -0.39 is 8.32 Å². The average Bonchev–Trinajstić information content (AvgIpc) is 3.02. The SMILES string of the molecule is CC(C)(C)[Si](OC/C=C/C=C1/C=C(Br)C(=O)O1)(c1ccccc1)c1ccccc1. The van der Waals surface area contributed by atoms with Gasteiger partial charge in [-0.2, -0.15) is 0 Å². The maximum Gasteiger partial charge on any atom is 0.350 e. The zero-order chi connectivity index (χ0) is 20.9. The molecule has 0 N–H and O–H groups in total. The van der Waals surface area contributed by atoms with E-state index >= 15 is 0 Å². The lowest BCUT2D eigenvalue weighted by Crippen LogP contribution is -2.66. The number of hydrogen-bond acceptors (Lipinski definition) is 3. The summed E-state index contributed by atoms with van der Waals surface area (Å²) in [5.74, 6) is 0.150. The molecule has 2 aromatic rings. The van der Waals surface area contributed by atoms with E-state index in [9.17, 15) is 4.79 Å². The molecule has 1 heterocycles. The molecule has 0 unspecified atom stereocenters. The molecular formula is C24H25BrO3Si. The first-order valence-electron chi connectivity index (χ1n) is 9.56. The highest BCUT2D eigenvalue weighted by atomic mass is 79.9. The smallest absolute Gasteiger partial charge is 0.350 e. The van der Waals surface area contributed by atoms with E-state index in [-0.39, 0.29) is 11.0 Å². The van der Waals surface area contributed by atoms with Gasteiger partial charge in [-0.3, -0.25) is 0 Å². The Morgan fingerprint density at radius 1 is 1.00 bits per heavy atom. The van der Waals surface area contributed by atoms with Crippen molar-refractivity contribution >= 4 is 40.6 Å². The summed E-state index contributed by atoms with van der Waals surface area (Å²) in [4.78, 5) is 11.4. The van der Waals surface area contributed by atoms with E-state index in [0.29, 0.717) is 16.8 Å². The molecule has 0 bridgehead atoms. The fraction of sp³-hybridized carbons (Fsp3) is 0.208. The largest absolute Gasteiger partial charge is 0.423 e. The van der Waals surface area contributed by atoms with Crippen LogP contribution in [-0.2, 0) is 14.0 Å². The fourth-order valence-corrected chi connectivity index (χ4v) is 8.41. The van der Waals surface area contributed by atoms with Gasteiger partial charge in [0.2, 0.25) is 0 Å². The summed E-state index contributed by atoms with van der Waals surface area (Å²) >= 11 is 3.17. The summed E-state index contributed by atoms with van der Waals surface area (Å²) in [6.07, 6.45) is 7.25. The minimum Gasteiger partial charge on any atom is -0.423 e. The first kappa shape index (κ1) is 21.5. The molecule has 0 aliphatic carbocycles. The van der Waals surface area contributed by atoms with E-state index in [1.165, 1.54) is 10.4 Å². The molecule has 150 valence electrons. The van der Waals surface area contributed by atoms with Crippen molar-refractivity contribution in [2.45, 2.75) is 25.8 Å². The van der Waals surface area contributed by atoms with E-state index in [2.05, 4.69) is 85.2 Å². The molecule has 0 amide bonds. The minimum absolute atomic E-state index is 0.0589. The van der Waals surface area contributed by atoms with Crippen LogP contribution in [0.1, 0.15) is 20.8 Å². The van der Waals surface area contributed by atoms with Crippen LogP contribution in [0.25, 0.3) is 0 Å². The Hall–Kier alpha value is -2.21. The summed E-state index contributed by atoms with van der Waals surface area (Å²) < 4.78 is 12.3. The van der Waals surface area contributed by atoms with E-state index in [0.717, 1.165) is 0 Å². The number of hydrogen-bond donors (Lipinski definition) is 0. The second kappa shape index (κ2) is 9.07. The quantitative estimate of drug-likeness (QED) is 0.449. The maximum atomic E-state index is 11.4. The molecule has 5 heteroatoms. The highest BCUT2D eigenvalue weighted by Crippen LogP contribution is 2.36. The van der Waals surface area contributed by atoms with E-state index in [4.69, 9.17) is 9.16 Å². The summed E-state index contributed by atoms with van der Waals surface area (Å²) in [6.45, 7) is 7.23. The Balaban J connectivity index is 1.89. The molecular weight excluding hydrogens is 444 g/mol. The molecule has 0 aromatic heterocycles. The van der Waals surface area contributed by atoms with Crippen molar-refractivity contribution in [1.29, 1.82) is 0 Å². The van der Waals surface area contributed by atoms with Crippen molar-refractivity contribution < 1.29 is 14.0 Å². The van der Waals surface area contributed by atoms with Crippen LogP contribution >= 0.6 is 15.9 Å². The van der Waals surface area contributed by atoms with Crippen LogP contribution in [0.4, 0.5) is 0 Å². The van der Waals surface area contributed by atoms with Crippen molar-refractivity contribution in [3.8, 4) is 0 Å². The Morgan fingerprint density at radius 2 is 1.55 bits per heavy atom. The Labute approximate surface area is 182 Å². The molecule has 3 nitrogen and oxygen atoms in total. The number of esters is 1. The lowest BCUT2D eigenvalue weighted by molar-refractivity contribution is -0.132. The van der Waals surface area contributed by atoms with Gasteiger partial charge in [0, 0.05) is 6.08 Å². The number of allylic oxidation sites excluding steroid dienone is 3. The molecule has 1 aliphatic rings. The Morgan fingerprint density at radius 3 is 2.00 bits per heavy atom. The monoisotopic (exact) mass is 468 g/mol. The van der Waals surface area contributed by atoms with Crippen LogP contribution in [0, 0.1) is 0 Å². The van der Waals surface area contributed by atoms with Gasteiger partial charge in [-0.1, -0.05) is 93.6 Å². The van der Waals surface area contributed by atoms with Gasteiger partial charge in [-0.25, -0.2) is 4.79 Å². The molecule has 0 spiro atoms. The molecule has 0 atom stereocenters. The van der Waals surface area contributed by atoms with Gasteiger partial charge < -0.3 is 9.16 Å². The molecule has 3 rings (SSSR count). The van der Waals surface area contributed by atoms with Crippen LogP contribution < -0.4 is 10.4 Å². The molecule has 0 radical (unpaired) electrons. The second-order valence-corrected chi connectivity index (χ2v) is 13.0. The first-order valence-corrected chi connectivity index (χ1v) is 12.3. The number of rotatable bonds is 6. The summed E-state index contributed by atoms with van der Waals surface area (Å²) in [6, 6.07) is 21.1. The van der Waals surface area contributed by atoms with Gasteiger partial charge in [-0.05, 0) is 37.4 Å². The summed E-state index contributed by atoms with van der Waals surface area (Å²) in [5.41, 5.74) is 0. The third kappa shape index (κ3) is 4.69. The average molecular weight is 469 g/mol. The number of carbonyl (C=O) groups excluding carboxylic acids is 1. The number of carbonyl (C=O) groups is 1. The highest BCUT2D eigenvalue weighted by molar-refractivity contribution is 9.12. The van der Waals surface area contributed by atoms with Crippen molar-refractivity contribution in [3.63, 3.8) is 0 Å². The van der Waals surface area contributed by atoms with Crippen molar-refractivity contribution in [2.75, 3.05) is 6.61 Å². The van der Waals surface area contributed by atoms with Gasteiger partial charge in [0.1, 0.15) is 10.2 Å². The molecule has 0 saturated heterocycles. The molecule has 0 saturated carbocycles. The molecule has 1 aliphatic heterocycles. The Kier molecular flexibility index (Phi) is 6.73. The minimum atomic E-state index is -2.53. The van der Waals surface area contributed by atoms with Crippen LogP contribution in [0.5, 0.6) is 0 Å². The lowest BCUT2D eigenvalue weighted by Gasteiger charge is -2.42. The predicted octanol–water partition coefficient (Wildman–Crippen LogP) is 4.84. The topological polar surface area (TPSA) is 35.5 Å². The highest BCUT2D eigenvalue weighted by Gasteiger charge is 2.49. The summed E-state index contributed by atoms with van der Waals surface area (Å²) in [7, 11) is -2.53. The fourth-order valence-electron chi connectivity index (χ4n) is 3.60. The van der Waals surface area contributed by atoms with Gasteiger partial charge >= 0.3 is 5.97 Å². The third-order valence-corrected chi connectivity index (χ3v) is 10.4. The van der Waals surface area contributed by atoms with Gasteiger partial charge in [0.15, 0.2) is 0 Å². The molecule has 29 heavy (non-hydrogen) atoms. The van der Waals surface area contributed by atoms with Gasteiger partial charge in [-0.15, -0.1) is 0 Å². The zero-order valence-corrected chi connectivity index (χ0v) is 19.5. The van der Waals surface area contributed by atoms with Crippen LogP contribution in [0.2, 0.25) is 5.04 Å². The van der Waals surface area contributed by atoms with E-state index in [1.54, 1.807) is 12.2 Å². The van der Waals surface area contributed by atoms with Gasteiger partial charge in [0.25, 0.3) is 8.32 Å². The lowest BCUT2D eigenvalue weighted by atomic mass is 10.2. The normalized spacial score (nSPS) is 16.3. The standard InChI is InChI=1S/C24H25BrO3Si/c1-24(2,3)29(20-13-6-4-7-14-20,21-15-8-5-9-16-21)27-17-11-10-12-19-18-22(25)23(26)28-19/h4-16,18H,17H2,1-3H3/b11-10+,19-12-. The van der Waals surface area contributed by atoms with Gasteiger partial charge in [0.05, 0.1) is 6.61 Å². The number of ether oxygens (including phenoxy) is 1. The maximum absolute atomic E-state index is 11.4. The molecule has 2 aromatic carbocycles. The van der Waals surface area contributed by atoms with Crippen LogP contribution in [0.15, 0.2) is 95.2 Å². The van der Waals surface area contributed by atoms with Crippen LogP contribution in [-0.4, -0.2) is 20.9 Å². The molecule has 0 fully saturated rings. The number of cyclic esters (lactones) is 1. The van der Waals surface area contributed by atoms with Crippen molar-refractivity contribution in [1.82, 2.24) is 0 Å². The Bertz CT molecular complexity index is 902. The zero-order valence-electron chi connectivity index (χ0n) is 16.9. The van der Waals surface area contributed by atoms with Crippen molar-refractivity contribution in [2.24, 2.45) is 0 Å². The number of benzene rings is 2. The predicted molar refractivity (Wildman–Crippen MR) is 124 cm³/mol. The summed E-state index contributed by atoms with van der Waals surface area (Å²) in [5, 5.41) is 2.44. The van der Waals surface area contributed by atoms with Crippen molar-refractivity contribution in [3.05, 3.63) is 95.2 Å².